The highest BCUT2D eigenvalue weighted by molar-refractivity contribution is 5.91. The van der Waals surface area contributed by atoms with Gasteiger partial charge in [0.1, 0.15) is 11.4 Å². The molecule has 2 heterocycles. The Kier molecular flexibility index (Phi) is 5.31. The van der Waals surface area contributed by atoms with Crippen molar-refractivity contribution >= 4 is 11.6 Å². The molecule has 0 aliphatic rings. The van der Waals surface area contributed by atoms with Gasteiger partial charge in [0.25, 0.3) is 5.56 Å². The van der Waals surface area contributed by atoms with E-state index in [4.69, 9.17) is 9.47 Å². The van der Waals surface area contributed by atoms with E-state index < -0.39 is 5.97 Å². The molecule has 2 aromatic heterocycles. The van der Waals surface area contributed by atoms with Crippen molar-refractivity contribution in [2.24, 2.45) is 0 Å². The second kappa shape index (κ2) is 7.82. The number of fused-ring (bicyclic) bond motifs is 1. The van der Waals surface area contributed by atoms with Crippen molar-refractivity contribution in [3.63, 3.8) is 0 Å². The molecule has 3 aromatic rings. The number of carbonyl (C=O) groups excluding carboxylic acids is 1. The van der Waals surface area contributed by atoms with E-state index in [1.807, 2.05) is 13.0 Å². The van der Waals surface area contributed by atoms with E-state index in [1.54, 1.807) is 36.5 Å². The summed E-state index contributed by atoms with van der Waals surface area (Å²) in [6.45, 7) is 4.58. The molecule has 0 bridgehead atoms. The Hall–Kier alpha value is -3.15. The molecule has 0 aliphatic carbocycles. The summed E-state index contributed by atoms with van der Waals surface area (Å²) in [7, 11) is 0. The van der Waals surface area contributed by atoms with Crippen LogP contribution in [-0.2, 0) is 0 Å². The molecule has 134 valence electrons. The van der Waals surface area contributed by atoms with Gasteiger partial charge < -0.3 is 9.47 Å². The van der Waals surface area contributed by atoms with Crippen LogP contribution in [0.1, 0.15) is 35.7 Å². The zero-order valence-electron chi connectivity index (χ0n) is 14.8. The maximum atomic E-state index is 12.3. The van der Waals surface area contributed by atoms with E-state index in [0.717, 1.165) is 18.4 Å². The molecule has 0 radical (unpaired) electrons. The topological polar surface area (TPSA) is 69.9 Å². The first-order valence-electron chi connectivity index (χ1n) is 8.52. The van der Waals surface area contributed by atoms with Gasteiger partial charge in [0.05, 0.1) is 18.2 Å². The van der Waals surface area contributed by atoms with Crippen LogP contribution >= 0.6 is 0 Å². The summed E-state index contributed by atoms with van der Waals surface area (Å²) in [5.74, 6) is 0.111. The molecule has 0 spiro atoms. The van der Waals surface area contributed by atoms with Crippen LogP contribution in [0, 0.1) is 6.92 Å². The molecule has 0 fully saturated rings. The van der Waals surface area contributed by atoms with Crippen molar-refractivity contribution < 1.29 is 14.3 Å². The smallest absolute Gasteiger partial charge is 0.344 e. The van der Waals surface area contributed by atoms with Gasteiger partial charge in [-0.25, -0.2) is 4.79 Å². The van der Waals surface area contributed by atoms with Crippen LogP contribution < -0.4 is 15.0 Å². The third-order valence-corrected chi connectivity index (χ3v) is 3.92. The lowest BCUT2D eigenvalue weighted by atomic mass is 10.2. The first kappa shape index (κ1) is 17.7. The van der Waals surface area contributed by atoms with Crippen LogP contribution in [0.15, 0.2) is 53.5 Å². The molecular weight excluding hydrogens is 332 g/mol. The van der Waals surface area contributed by atoms with Crippen molar-refractivity contribution in [1.82, 2.24) is 9.38 Å². The lowest BCUT2D eigenvalue weighted by molar-refractivity contribution is 0.0727. The predicted octanol–water partition coefficient (Wildman–Crippen LogP) is 3.40. The summed E-state index contributed by atoms with van der Waals surface area (Å²) in [5.41, 5.74) is 1.33. The van der Waals surface area contributed by atoms with Gasteiger partial charge in [-0.3, -0.25) is 9.20 Å². The van der Waals surface area contributed by atoms with Crippen LogP contribution in [0.5, 0.6) is 11.6 Å². The number of benzene rings is 1. The number of rotatable bonds is 6. The van der Waals surface area contributed by atoms with E-state index in [0.29, 0.717) is 23.6 Å². The number of unbranched alkanes of at least 4 members (excludes halogenated alkanes) is 1. The Morgan fingerprint density at radius 3 is 2.69 bits per heavy atom. The minimum absolute atomic E-state index is 0.0161. The number of nitrogens with zero attached hydrogens (tertiary/aromatic N) is 2. The molecule has 6 heteroatoms. The summed E-state index contributed by atoms with van der Waals surface area (Å²) in [5, 5.41) is 0. The number of carbonyl (C=O) groups is 1. The van der Waals surface area contributed by atoms with Crippen molar-refractivity contribution in [2.75, 3.05) is 6.61 Å². The first-order chi connectivity index (χ1) is 12.6. The largest absolute Gasteiger partial charge is 0.494 e. The van der Waals surface area contributed by atoms with Crippen LogP contribution in [0.4, 0.5) is 0 Å². The van der Waals surface area contributed by atoms with Gasteiger partial charge in [-0.1, -0.05) is 19.4 Å². The number of esters is 1. The predicted molar refractivity (Wildman–Crippen MR) is 98.0 cm³/mol. The highest BCUT2D eigenvalue weighted by atomic mass is 16.5. The van der Waals surface area contributed by atoms with E-state index in [-0.39, 0.29) is 11.4 Å². The second-order valence-electron chi connectivity index (χ2n) is 5.93. The SMILES string of the molecule is CCCCOc1ccc(C(=O)Oc2cc(=O)n3cccc(C)c3n2)cc1. The Labute approximate surface area is 151 Å². The second-order valence-corrected chi connectivity index (χ2v) is 5.93. The van der Waals surface area contributed by atoms with E-state index >= 15 is 0 Å². The summed E-state index contributed by atoms with van der Waals surface area (Å²) < 4.78 is 12.3. The Balaban J connectivity index is 1.76. The van der Waals surface area contributed by atoms with Gasteiger partial charge in [0, 0.05) is 6.20 Å². The van der Waals surface area contributed by atoms with Crippen molar-refractivity contribution in [3.8, 4) is 11.6 Å². The van der Waals surface area contributed by atoms with Crippen molar-refractivity contribution in [2.45, 2.75) is 26.7 Å². The summed E-state index contributed by atoms with van der Waals surface area (Å²) in [6.07, 6.45) is 3.66. The molecule has 6 nitrogen and oxygen atoms in total. The summed E-state index contributed by atoms with van der Waals surface area (Å²) >= 11 is 0. The van der Waals surface area contributed by atoms with Crippen LogP contribution in [0.25, 0.3) is 5.65 Å². The minimum atomic E-state index is -0.574. The fraction of sp³-hybridized carbons (Fsp3) is 0.250. The molecule has 0 saturated heterocycles. The number of ether oxygens (including phenoxy) is 2. The summed E-state index contributed by atoms with van der Waals surface area (Å²) in [4.78, 5) is 28.7. The minimum Gasteiger partial charge on any atom is -0.494 e. The molecule has 26 heavy (non-hydrogen) atoms. The molecular formula is C20H20N2O4. The molecule has 0 amide bonds. The zero-order valence-corrected chi connectivity index (χ0v) is 14.8. The molecule has 0 atom stereocenters. The monoisotopic (exact) mass is 352 g/mol. The maximum Gasteiger partial charge on any atom is 0.344 e. The highest BCUT2D eigenvalue weighted by Crippen LogP contribution is 2.15. The normalized spacial score (nSPS) is 10.7. The van der Waals surface area contributed by atoms with E-state index in [1.165, 1.54) is 10.5 Å². The Bertz CT molecular complexity index is 977. The van der Waals surface area contributed by atoms with Crippen LogP contribution in [-0.4, -0.2) is 22.0 Å². The molecule has 0 aliphatic heterocycles. The van der Waals surface area contributed by atoms with Gasteiger partial charge in [-0.2, -0.15) is 4.98 Å². The van der Waals surface area contributed by atoms with Gasteiger partial charge in [0.15, 0.2) is 0 Å². The standard InChI is InChI=1S/C20H20N2O4/c1-3-4-12-25-16-9-7-15(8-10-16)20(24)26-17-13-18(23)22-11-5-6-14(2)19(22)21-17/h5-11,13H,3-4,12H2,1-2H3. The average Bonchev–Trinajstić information content (AvgIpc) is 2.63. The average molecular weight is 352 g/mol. The zero-order chi connectivity index (χ0) is 18.5. The molecule has 3 rings (SSSR count). The molecule has 1 aromatic carbocycles. The van der Waals surface area contributed by atoms with E-state index in [2.05, 4.69) is 11.9 Å². The summed E-state index contributed by atoms with van der Waals surface area (Å²) in [6, 6.07) is 11.5. The lowest BCUT2D eigenvalue weighted by Crippen LogP contribution is -2.17. The quantitative estimate of drug-likeness (QED) is 0.502. The number of hydrogen-bond acceptors (Lipinski definition) is 5. The van der Waals surface area contributed by atoms with Gasteiger partial charge in [0.2, 0.25) is 5.88 Å². The maximum absolute atomic E-state index is 12.3. The third kappa shape index (κ3) is 3.91. The molecule has 0 saturated carbocycles. The Morgan fingerprint density at radius 2 is 1.96 bits per heavy atom. The fourth-order valence-corrected chi connectivity index (χ4v) is 2.47. The van der Waals surface area contributed by atoms with Gasteiger partial charge >= 0.3 is 5.97 Å². The number of aromatic nitrogens is 2. The first-order valence-corrected chi connectivity index (χ1v) is 8.52. The highest BCUT2D eigenvalue weighted by Gasteiger charge is 2.12. The van der Waals surface area contributed by atoms with Gasteiger partial charge in [-0.15, -0.1) is 0 Å². The number of hydrogen-bond donors (Lipinski definition) is 0. The van der Waals surface area contributed by atoms with E-state index in [9.17, 15) is 9.59 Å². The van der Waals surface area contributed by atoms with Crippen LogP contribution in [0.3, 0.4) is 0 Å². The van der Waals surface area contributed by atoms with Crippen molar-refractivity contribution in [3.05, 3.63) is 70.1 Å². The third-order valence-electron chi connectivity index (χ3n) is 3.92. The number of pyridine rings is 1. The molecule has 0 N–H and O–H groups in total. The Morgan fingerprint density at radius 1 is 1.19 bits per heavy atom. The fourth-order valence-electron chi connectivity index (χ4n) is 2.47. The molecule has 0 unspecified atom stereocenters. The lowest BCUT2D eigenvalue weighted by Gasteiger charge is -2.08. The number of aryl methyl sites for hydroxylation is 1. The van der Waals surface area contributed by atoms with Gasteiger partial charge in [-0.05, 0) is 49.2 Å². The van der Waals surface area contributed by atoms with Crippen molar-refractivity contribution in [1.29, 1.82) is 0 Å². The van der Waals surface area contributed by atoms with Crippen LogP contribution in [0.2, 0.25) is 0 Å².